The van der Waals surface area contributed by atoms with E-state index in [0.717, 1.165) is 0 Å². The summed E-state index contributed by atoms with van der Waals surface area (Å²) in [6.07, 6.45) is 0. The van der Waals surface area contributed by atoms with Crippen molar-refractivity contribution in [2.24, 2.45) is 0 Å². The molecule has 2 rings (SSSR count). The topological polar surface area (TPSA) is 70.2 Å². The van der Waals surface area contributed by atoms with Crippen LogP contribution < -0.4 is 15.4 Å². The Morgan fingerprint density at radius 2 is 1.68 bits per heavy atom. The molecule has 8 heteroatoms. The van der Waals surface area contributed by atoms with Gasteiger partial charge in [-0.2, -0.15) is 0 Å². The maximum absolute atomic E-state index is 13.5. The van der Waals surface area contributed by atoms with Gasteiger partial charge in [-0.1, -0.05) is 12.1 Å². The predicted molar refractivity (Wildman–Crippen MR) is 88.9 cm³/mol. The minimum absolute atomic E-state index is 0.147. The zero-order chi connectivity index (χ0) is 16.2. The number of nitrogens with one attached hydrogen (secondary N) is 3. The lowest BCUT2D eigenvalue weighted by molar-refractivity contribution is 0.588. The lowest BCUT2D eigenvalue weighted by atomic mass is 10.3. The Balaban J connectivity index is 2.05. The Kier molecular flexibility index (Phi) is 5.07. The molecular weight excluding hydrogens is 325 g/mol. The molecule has 3 N–H and O–H groups in total. The van der Waals surface area contributed by atoms with Crippen molar-refractivity contribution < 1.29 is 12.8 Å². The van der Waals surface area contributed by atoms with Gasteiger partial charge in [-0.3, -0.25) is 0 Å². The van der Waals surface area contributed by atoms with Gasteiger partial charge in [-0.05, 0) is 55.7 Å². The third kappa shape index (κ3) is 4.00. The van der Waals surface area contributed by atoms with Crippen molar-refractivity contribution in [3.63, 3.8) is 0 Å². The molecule has 0 heterocycles. The van der Waals surface area contributed by atoms with Gasteiger partial charge >= 0.3 is 0 Å². The van der Waals surface area contributed by atoms with E-state index in [4.69, 9.17) is 12.2 Å². The van der Waals surface area contributed by atoms with E-state index in [1.165, 1.54) is 25.2 Å². The van der Waals surface area contributed by atoms with Gasteiger partial charge in [0.1, 0.15) is 5.82 Å². The zero-order valence-electron chi connectivity index (χ0n) is 11.6. The number of hydrogen-bond donors (Lipinski definition) is 3. The van der Waals surface area contributed by atoms with Crippen LogP contribution in [0.3, 0.4) is 0 Å². The Bertz CT molecular complexity index is 777. The Morgan fingerprint density at radius 1 is 1.05 bits per heavy atom. The molecule has 22 heavy (non-hydrogen) atoms. The van der Waals surface area contributed by atoms with Gasteiger partial charge in [0, 0.05) is 5.69 Å². The summed E-state index contributed by atoms with van der Waals surface area (Å²) in [5.41, 5.74) is 0.846. The average Bonchev–Trinajstić information content (AvgIpc) is 2.50. The molecule has 0 bridgehead atoms. The van der Waals surface area contributed by atoms with Gasteiger partial charge in [0.15, 0.2) is 5.11 Å². The molecule has 0 fully saturated rings. The number of rotatable bonds is 4. The smallest absolute Gasteiger partial charge is 0.240 e. The molecule has 0 aromatic heterocycles. The summed E-state index contributed by atoms with van der Waals surface area (Å²) < 4.78 is 38.9. The summed E-state index contributed by atoms with van der Waals surface area (Å²) in [7, 11) is -2.13. The van der Waals surface area contributed by atoms with Crippen LogP contribution in [0.25, 0.3) is 0 Å². The van der Waals surface area contributed by atoms with Crippen LogP contribution in [0, 0.1) is 5.82 Å². The Labute approximate surface area is 133 Å². The van der Waals surface area contributed by atoms with Crippen molar-refractivity contribution in [3.05, 3.63) is 54.3 Å². The highest BCUT2D eigenvalue weighted by Crippen LogP contribution is 2.16. The second-order valence-electron chi connectivity index (χ2n) is 4.29. The number of anilines is 2. The van der Waals surface area contributed by atoms with Gasteiger partial charge in [0.2, 0.25) is 10.0 Å². The monoisotopic (exact) mass is 339 g/mol. The standard InChI is InChI=1S/C14H14FN3O2S2/c1-16-22(19,20)11-8-6-10(7-9-11)17-14(21)18-13-5-3-2-4-12(13)15/h2-9,16H,1H3,(H2,17,18,21). The van der Waals surface area contributed by atoms with E-state index >= 15 is 0 Å². The van der Waals surface area contributed by atoms with Gasteiger partial charge in [0.25, 0.3) is 0 Å². The molecule has 116 valence electrons. The Hall–Kier alpha value is -2.03. The molecule has 0 saturated carbocycles. The molecule has 5 nitrogen and oxygen atoms in total. The number of benzene rings is 2. The molecule has 2 aromatic carbocycles. The number of sulfonamides is 1. The number of para-hydroxylation sites is 1. The van der Waals surface area contributed by atoms with Crippen LogP contribution in [0.4, 0.5) is 15.8 Å². The molecule has 0 spiro atoms. The van der Waals surface area contributed by atoms with Crippen LogP contribution in [0.2, 0.25) is 0 Å². The molecule has 0 saturated heterocycles. The normalized spacial score (nSPS) is 11.0. The number of hydrogen-bond acceptors (Lipinski definition) is 3. The van der Waals surface area contributed by atoms with Crippen LogP contribution in [0.15, 0.2) is 53.4 Å². The SMILES string of the molecule is CNS(=O)(=O)c1ccc(NC(=S)Nc2ccccc2F)cc1. The first kappa shape index (κ1) is 16.3. The largest absolute Gasteiger partial charge is 0.332 e. The molecule has 0 unspecified atom stereocenters. The van der Waals surface area contributed by atoms with Crippen molar-refractivity contribution in [3.8, 4) is 0 Å². The van der Waals surface area contributed by atoms with Crippen molar-refractivity contribution in [1.82, 2.24) is 4.72 Å². The van der Waals surface area contributed by atoms with E-state index in [1.54, 1.807) is 30.3 Å². The second kappa shape index (κ2) is 6.82. The number of thiocarbonyl (C=S) groups is 1. The Morgan fingerprint density at radius 3 is 2.27 bits per heavy atom. The summed E-state index contributed by atoms with van der Waals surface area (Å²) in [5, 5.41) is 5.79. The molecule has 0 radical (unpaired) electrons. The van der Waals surface area contributed by atoms with E-state index in [0.29, 0.717) is 5.69 Å². The predicted octanol–water partition coefficient (Wildman–Crippen LogP) is 2.54. The van der Waals surface area contributed by atoms with E-state index in [9.17, 15) is 12.8 Å². The fraction of sp³-hybridized carbons (Fsp3) is 0.0714. The third-order valence-electron chi connectivity index (χ3n) is 2.81. The van der Waals surface area contributed by atoms with E-state index < -0.39 is 15.8 Å². The maximum atomic E-state index is 13.5. The minimum Gasteiger partial charge on any atom is -0.332 e. The zero-order valence-corrected chi connectivity index (χ0v) is 13.3. The molecule has 0 aliphatic heterocycles. The quantitative estimate of drug-likeness (QED) is 0.747. The van der Waals surface area contributed by atoms with Crippen molar-refractivity contribution in [2.45, 2.75) is 4.90 Å². The number of halogens is 1. The first-order chi connectivity index (χ1) is 10.4. The van der Waals surface area contributed by atoms with E-state index in [2.05, 4.69) is 15.4 Å². The minimum atomic E-state index is -3.47. The fourth-order valence-electron chi connectivity index (χ4n) is 1.68. The molecule has 2 aromatic rings. The average molecular weight is 339 g/mol. The third-order valence-corrected chi connectivity index (χ3v) is 4.45. The highest BCUT2D eigenvalue weighted by atomic mass is 32.2. The van der Waals surface area contributed by atoms with Crippen LogP contribution in [0.1, 0.15) is 0 Å². The van der Waals surface area contributed by atoms with E-state index in [1.807, 2.05) is 0 Å². The first-order valence-electron chi connectivity index (χ1n) is 6.28. The molecular formula is C14H14FN3O2S2. The molecule has 0 amide bonds. The summed E-state index contributed by atoms with van der Waals surface area (Å²) in [5.74, 6) is -0.415. The van der Waals surface area contributed by atoms with Gasteiger partial charge in [-0.15, -0.1) is 0 Å². The lowest BCUT2D eigenvalue weighted by Gasteiger charge is -2.11. The molecule has 0 aliphatic rings. The van der Waals surface area contributed by atoms with Crippen molar-refractivity contribution in [2.75, 3.05) is 17.7 Å². The summed E-state index contributed by atoms with van der Waals surface area (Å²) >= 11 is 5.09. The summed E-state index contributed by atoms with van der Waals surface area (Å²) in [6.45, 7) is 0. The van der Waals surface area contributed by atoms with Gasteiger partial charge in [-0.25, -0.2) is 17.5 Å². The second-order valence-corrected chi connectivity index (χ2v) is 6.59. The van der Waals surface area contributed by atoms with Crippen LogP contribution in [0.5, 0.6) is 0 Å². The fourth-order valence-corrected chi connectivity index (χ4v) is 2.64. The lowest BCUT2D eigenvalue weighted by Crippen LogP contribution is -2.20. The highest BCUT2D eigenvalue weighted by Gasteiger charge is 2.10. The molecule has 0 aliphatic carbocycles. The van der Waals surface area contributed by atoms with Crippen LogP contribution >= 0.6 is 12.2 Å². The van der Waals surface area contributed by atoms with Crippen molar-refractivity contribution >= 4 is 38.7 Å². The molecule has 0 atom stereocenters. The van der Waals surface area contributed by atoms with Crippen molar-refractivity contribution in [1.29, 1.82) is 0 Å². The highest BCUT2D eigenvalue weighted by molar-refractivity contribution is 7.89. The summed E-state index contributed by atoms with van der Waals surface area (Å²) in [4.78, 5) is 0.147. The van der Waals surface area contributed by atoms with Crippen LogP contribution in [-0.2, 0) is 10.0 Å². The van der Waals surface area contributed by atoms with Gasteiger partial charge < -0.3 is 10.6 Å². The first-order valence-corrected chi connectivity index (χ1v) is 8.17. The maximum Gasteiger partial charge on any atom is 0.240 e. The van der Waals surface area contributed by atoms with Crippen LogP contribution in [-0.4, -0.2) is 20.6 Å². The summed E-state index contributed by atoms with van der Waals surface area (Å²) in [6, 6.07) is 12.2. The van der Waals surface area contributed by atoms with Gasteiger partial charge in [0.05, 0.1) is 10.6 Å². The van der Waals surface area contributed by atoms with E-state index in [-0.39, 0.29) is 15.7 Å².